The molecular formula is C14H17N5S. The van der Waals surface area contributed by atoms with Gasteiger partial charge in [0.05, 0.1) is 0 Å². The lowest BCUT2D eigenvalue weighted by Gasteiger charge is -2.29. The third-order valence-corrected chi connectivity index (χ3v) is 4.41. The van der Waals surface area contributed by atoms with Crippen LogP contribution in [0.15, 0.2) is 29.8 Å². The highest BCUT2D eigenvalue weighted by atomic mass is 32.2. The molecule has 5 nitrogen and oxygen atoms in total. The smallest absolute Gasteiger partial charge is 0.252 e. The third-order valence-electron chi connectivity index (χ3n) is 3.48. The maximum atomic E-state index is 9.32. The van der Waals surface area contributed by atoms with Gasteiger partial charge in [0.25, 0.3) is 4.99 Å². The molecular weight excluding hydrogens is 270 g/mol. The van der Waals surface area contributed by atoms with Crippen LogP contribution in [0.4, 0.5) is 11.6 Å². The van der Waals surface area contributed by atoms with Crippen LogP contribution < -0.4 is 15.5 Å². The summed E-state index contributed by atoms with van der Waals surface area (Å²) in [4.78, 5) is 6.10. The Bertz CT molecular complexity index is 537. The van der Waals surface area contributed by atoms with Gasteiger partial charge in [-0.2, -0.15) is 5.26 Å². The van der Waals surface area contributed by atoms with E-state index in [-0.39, 0.29) is 0 Å². The molecule has 6 heteroatoms. The molecule has 0 aromatic carbocycles. The van der Waals surface area contributed by atoms with Crippen LogP contribution in [0.2, 0.25) is 0 Å². The highest BCUT2D eigenvalue weighted by molar-refractivity contribution is 8.04. The first-order valence-corrected chi connectivity index (χ1v) is 7.71. The Morgan fingerprint density at radius 1 is 1.35 bits per heavy atom. The maximum absolute atomic E-state index is 9.32. The molecule has 0 amide bonds. The number of aromatic nitrogens is 1. The van der Waals surface area contributed by atoms with E-state index in [4.69, 9.17) is 0 Å². The van der Waals surface area contributed by atoms with Gasteiger partial charge in [-0.3, -0.25) is 0 Å². The van der Waals surface area contributed by atoms with Crippen molar-refractivity contribution in [2.45, 2.75) is 24.3 Å². The number of hydrogen-bond donors (Lipinski definition) is 2. The molecule has 0 saturated carbocycles. The van der Waals surface area contributed by atoms with E-state index < -0.39 is 4.99 Å². The zero-order valence-corrected chi connectivity index (χ0v) is 12.0. The van der Waals surface area contributed by atoms with E-state index in [9.17, 15) is 5.26 Å². The van der Waals surface area contributed by atoms with E-state index in [0.717, 1.165) is 24.7 Å². The summed E-state index contributed by atoms with van der Waals surface area (Å²) in [6.45, 7) is 2.13. The number of nitrogens with one attached hydrogen (secondary N) is 2. The molecule has 0 radical (unpaired) electrons. The molecule has 3 rings (SSSR count). The summed E-state index contributed by atoms with van der Waals surface area (Å²) in [6.07, 6.45) is 5.53. The standard InChI is InChI=1S/C14H17N5S/c15-11-14(16-7-10-20-14)18-12-5-4-6-13(17-12)19-8-2-1-3-9-19/h4-7,10,16H,1-3,8-9H2,(H,17,18). The number of nitriles is 1. The monoisotopic (exact) mass is 287 g/mol. The molecule has 2 aliphatic heterocycles. The SMILES string of the molecule is N#CC1(Nc2cccc(N3CCCCC3)n2)NC=CS1. The molecule has 2 aliphatic rings. The van der Waals surface area contributed by atoms with Crippen LogP contribution in [0.3, 0.4) is 0 Å². The Kier molecular flexibility index (Phi) is 3.70. The molecule has 3 heterocycles. The van der Waals surface area contributed by atoms with Gasteiger partial charge < -0.3 is 15.5 Å². The van der Waals surface area contributed by atoms with Gasteiger partial charge in [-0.1, -0.05) is 17.8 Å². The average molecular weight is 287 g/mol. The molecule has 1 aromatic heterocycles. The largest absolute Gasteiger partial charge is 0.357 e. The lowest BCUT2D eigenvalue weighted by Crippen LogP contribution is -2.42. The molecule has 20 heavy (non-hydrogen) atoms. The number of thioether (sulfide) groups is 1. The molecule has 0 bridgehead atoms. The summed E-state index contributed by atoms with van der Waals surface area (Å²) in [5, 5.41) is 17.4. The summed E-state index contributed by atoms with van der Waals surface area (Å²) in [5.41, 5.74) is 0. The average Bonchev–Trinajstić information content (AvgIpc) is 2.97. The fourth-order valence-corrected chi connectivity index (χ4v) is 3.14. The van der Waals surface area contributed by atoms with Crippen LogP contribution in [0, 0.1) is 11.3 Å². The minimum atomic E-state index is -0.840. The first-order valence-electron chi connectivity index (χ1n) is 6.83. The van der Waals surface area contributed by atoms with Crippen molar-refractivity contribution in [2.75, 3.05) is 23.3 Å². The van der Waals surface area contributed by atoms with Crippen molar-refractivity contribution >= 4 is 23.4 Å². The minimum absolute atomic E-state index is 0.721. The van der Waals surface area contributed by atoms with Gasteiger partial charge in [0, 0.05) is 19.3 Å². The van der Waals surface area contributed by atoms with E-state index in [1.807, 2.05) is 23.6 Å². The van der Waals surface area contributed by atoms with Crippen molar-refractivity contribution in [3.05, 3.63) is 29.8 Å². The molecule has 1 aromatic rings. The van der Waals surface area contributed by atoms with Crippen molar-refractivity contribution < 1.29 is 0 Å². The molecule has 1 fully saturated rings. The van der Waals surface area contributed by atoms with E-state index in [1.165, 1.54) is 31.0 Å². The van der Waals surface area contributed by atoms with Crippen LogP contribution in [0.25, 0.3) is 0 Å². The number of hydrogen-bond acceptors (Lipinski definition) is 6. The molecule has 1 saturated heterocycles. The number of piperidine rings is 1. The maximum Gasteiger partial charge on any atom is 0.252 e. The van der Waals surface area contributed by atoms with Gasteiger partial charge in [0.1, 0.15) is 17.7 Å². The number of rotatable bonds is 3. The molecule has 104 valence electrons. The Balaban J connectivity index is 1.76. The van der Waals surface area contributed by atoms with Gasteiger partial charge in [0.15, 0.2) is 0 Å². The predicted octanol–water partition coefficient (Wildman–Crippen LogP) is 2.47. The third kappa shape index (κ3) is 2.68. The normalized spacial score (nSPS) is 25.1. The van der Waals surface area contributed by atoms with E-state index in [0.29, 0.717) is 0 Å². The van der Waals surface area contributed by atoms with Crippen LogP contribution in [-0.4, -0.2) is 23.1 Å². The van der Waals surface area contributed by atoms with Gasteiger partial charge in [-0.05, 0) is 36.8 Å². The summed E-state index contributed by atoms with van der Waals surface area (Å²) in [6, 6.07) is 8.16. The summed E-state index contributed by atoms with van der Waals surface area (Å²) >= 11 is 1.41. The first-order chi connectivity index (χ1) is 9.81. The van der Waals surface area contributed by atoms with Gasteiger partial charge in [-0.25, -0.2) is 4.98 Å². The summed E-state index contributed by atoms with van der Waals surface area (Å²) in [7, 11) is 0. The second-order valence-electron chi connectivity index (χ2n) is 4.91. The van der Waals surface area contributed by atoms with Crippen molar-refractivity contribution in [1.29, 1.82) is 5.26 Å². The van der Waals surface area contributed by atoms with Crippen molar-refractivity contribution in [1.82, 2.24) is 10.3 Å². The Labute approximate surface area is 123 Å². The Morgan fingerprint density at radius 2 is 2.20 bits per heavy atom. The molecule has 1 atom stereocenters. The zero-order chi connectivity index (χ0) is 13.8. The quantitative estimate of drug-likeness (QED) is 0.890. The summed E-state index contributed by atoms with van der Waals surface area (Å²) in [5.74, 6) is 1.71. The molecule has 1 unspecified atom stereocenters. The Morgan fingerprint density at radius 3 is 2.90 bits per heavy atom. The van der Waals surface area contributed by atoms with E-state index >= 15 is 0 Å². The molecule has 0 aliphatic carbocycles. The molecule has 2 N–H and O–H groups in total. The van der Waals surface area contributed by atoms with Gasteiger partial charge >= 0.3 is 0 Å². The number of anilines is 2. The van der Waals surface area contributed by atoms with Crippen molar-refractivity contribution in [2.24, 2.45) is 0 Å². The minimum Gasteiger partial charge on any atom is -0.357 e. The van der Waals surface area contributed by atoms with E-state index in [2.05, 4.69) is 26.6 Å². The Hall–Kier alpha value is -1.87. The lowest BCUT2D eigenvalue weighted by atomic mass is 10.1. The topological polar surface area (TPSA) is 64.0 Å². The van der Waals surface area contributed by atoms with E-state index in [1.54, 1.807) is 6.20 Å². The predicted molar refractivity (Wildman–Crippen MR) is 82.1 cm³/mol. The fraction of sp³-hybridized carbons (Fsp3) is 0.429. The number of nitrogens with zero attached hydrogens (tertiary/aromatic N) is 3. The second kappa shape index (κ2) is 5.63. The zero-order valence-electron chi connectivity index (χ0n) is 11.2. The van der Waals surface area contributed by atoms with Crippen LogP contribution in [0.5, 0.6) is 0 Å². The van der Waals surface area contributed by atoms with Crippen LogP contribution >= 0.6 is 11.8 Å². The van der Waals surface area contributed by atoms with Crippen LogP contribution in [0.1, 0.15) is 19.3 Å². The van der Waals surface area contributed by atoms with Gasteiger partial charge in [0.2, 0.25) is 0 Å². The summed E-state index contributed by atoms with van der Waals surface area (Å²) < 4.78 is 0. The highest BCUT2D eigenvalue weighted by Crippen LogP contribution is 2.29. The fourth-order valence-electron chi connectivity index (χ4n) is 2.45. The highest BCUT2D eigenvalue weighted by Gasteiger charge is 2.32. The molecule has 0 spiro atoms. The van der Waals surface area contributed by atoms with Gasteiger partial charge in [-0.15, -0.1) is 0 Å². The lowest BCUT2D eigenvalue weighted by molar-refractivity contribution is 0.573. The second-order valence-corrected chi connectivity index (χ2v) is 6.03. The van der Waals surface area contributed by atoms with Crippen LogP contribution in [-0.2, 0) is 0 Å². The van der Waals surface area contributed by atoms with Crippen molar-refractivity contribution in [3.63, 3.8) is 0 Å². The van der Waals surface area contributed by atoms with Crippen molar-refractivity contribution in [3.8, 4) is 6.07 Å². The number of pyridine rings is 1. The first kappa shape index (κ1) is 13.1.